The number of non-ortho nitro benzene ring substituents is 1. The maximum Gasteiger partial charge on any atom is 0.272 e. The van der Waals surface area contributed by atoms with E-state index >= 15 is 0 Å². The van der Waals surface area contributed by atoms with Crippen molar-refractivity contribution < 1.29 is 9.31 Å². The molecule has 19 heavy (non-hydrogen) atoms. The van der Waals surface area contributed by atoms with Crippen LogP contribution < -0.4 is 5.32 Å². The summed E-state index contributed by atoms with van der Waals surface area (Å²) in [5.41, 5.74) is 0.652. The van der Waals surface area contributed by atoms with Crippen LogP contribution in [0.15, 0.2) is 52.3 Å². The number of nitro benzene ring substituents is 1. The van der Waals surface area contributed by atoms with Crippen molar-refractivity contribution in [3.05, 3.63) is 58.4 Å². The van der Waals surface area contributed by atoms with Gasteiger partial charge in [-0.3, -0.25) is 10.1 Å². The minimum absolute atomic E-state index is 0.00533. The Morgan fingerprint density at radius 3 is 2.63 bits per heavy atom. The van der Waals surface area contributed by atoms with Gasteiger partial charge in [0.1, 0.15) is 5.82 Å². The zero-order valence-corrected chi connectivity index (χ0v) is 10.9. The molecular weight excluding hydrogens is 267 g/mol. The van der Waals surface area contributed by atoms with Gasteiger partial charge in [-0.2, -0.15) is 0 Å². The summed E-state index contributed by atoms with van der Waals surface area (Å²) in [5.74, 6) is -0.329. The van der Waals surface area contributed by atoms with Crippen molar-refractivity contribution in [2.24, 2.45) is 0 Å². The molecule has 0 bridgehead atoms. The highest BCUT2D eigenvalue weighted by Gasteiger charge is 2.10. The summed E-state index contributed by atoms with van der Waals surface area (Å²) in [6, 6.07) is 10.8. The van der Waals surface area contributed by atoms with Crippen LogP contribution in [0.2, 0.25) is 0 Å². The molecule has 0 atom stereocenters. The Labute approximate surface area is 113 Å². The molecule has 0 aromatic heterocycles. The van der Waals surface area contributed by atoms with Gasteiger partial charge in [0.25, 0.3) is 5.69 Å². The molecule has 0 amide bonds. The van der Waals surface area contributed by atoms with E-state index in [2.05, 4.69) is 5.32 Å². The number of nitrogens with zero attached hydrogens (tertiary/aromatic N) is 1. The van der Waals surface area contributed by atoms with E-state index in [1.807, 2.05) is 0 Å². The second-order valence-electron chi connectivity index (χ2n) is 3.78. The second kappa shape index (κ2) is 5.71. The van der Waals surface area contributed by atoms with Crippen molar-refractivity contribution in [3.8, 4) is 0 Å². The van der Waals surface area contributed by atoms with Gasteiger partial charge in [0.15, 0.2) is 0 Å². The van der Waals surface area contributed by atoms with Gasteiger partial charge < -0.3 is 5.32 Å². The summed E-state index contributed by atoms with van der Waals surface area (Å²) in [6.07, 6.45) is 0. The maximum absolute atomic E-state index is 13.1. The number of hydrogen-bond acceptors (Lipinski definition) is 4. The number of nitrogens with one attached hydrogen (secondary N) is 1. The van der Waals surface area contributed by atoms with Crippen molar-refractivity contribution in [3.63, 3.8) is 0 Å². The minimum Gasteiger partial charge on any atom is -0.388 e. The monoisotopic (exact) mass is 278 g/mol. The summed E-state index contributed by atoms with van der Waals surface area (Å²) < 4.78 is 13.1. The van der Waals surface area contributed by atoms with Crippen molar-refractivity contribution in [2.75, 3.05) is 12.4 Å². The van der Waals surface area contributed by atoms with E-state index in [0.717, 1.165) is 0 Å². The van der Waals surface area contributed by atoms with Gasteiger partial charge in [-0.15, -0.1) is 0 Å². The third-order valence-electron chi connectivity index (χ3n) is 2.42. The molecule has 4 nitrogen and oxygen atoms in total. The van der Waals surface area contributed by atoms with E-state index in [0.29, 0.717) is 15.5 Å². The molecule has 6 heteroatoms. The van der Waals surface area contributed by atoms with Crippen LogP contribution in [-0.4, -0.2) is 12.0 Å². The smallest absolute Gasteiger partial charge is 0.272 e. The third kappa shape index (κ3) is 3.45. The van der Waals surface area contributed by atoms with Gasteiger partial charge in [0.05, 0.1) is 4.92 Å². The fourth-order valence-corrected chi connectivity index (χ4v) is 2.51. The van der Waals surface area contributed by atoms with Gasteiger partial charge >= 0.3 is 0 Å². The van der Waals surface area contributed by atoms with E-state index in [4.69, 9.17) is 0 Å². The van der Waals surface area contributed by atoms with Crippen molar-refractivity contribution in [2.45, 2.75) is 9.79 Å². The average molecular weight is 278 g/mol. The Kier molecular flexibility index (Phi) is 4.01. The Balaban J connectivity index is 2.34. The topological polar surface area (TPSA) is 55.2 Å². The number of benzene rings is 2. The van der Waals surface area contributed by atoms with Gasteiger partial charge in [-0.25, -0.2) is 4.39 Å². The van der Waals surface area contributed by atoms with E-state index in [1.165, 1.54) is 36.0 Å². The largest absolute Gasteiger partial charge is 0.388 e. The zero-order chi connectivity index (χ0) is 13.8. The Hall–Kier alpha value is -2.08. The van der Waals surface area contributed by atoms with Crippen molar-refractivity contribution in [1.29, 1.82) is 0 Å². The van der Waals surface area contributed by atoms with E-state index in [9.17, 15) is 14.5 Å². The van der Waals surface area contributed by atoms with Crippen LogP contribution in [0, 0.1) is 15.9 Å². The molecule has 1 N–H and O–H groups in total. The van der Waals surface area contributed by atoms with E-state index in [-0.39, 0.29) is 11.5 Å². The Bertz CT molecular complexity index is 619. The fourth-order valence-electron chi connectivity index (χ4n) is 1.56. The number of hydrogen-bond donors (Lipinski definition) is 1. The van der Waals surface area contributed by atoms with Crippen LogP contribution in [0.4, 0.5) is 15.8 Å². The van der Waals surface area contributed by atoms with Crippen LogP contribution in [-0.2, 0) is 0 Å². The number of nitro groups is 1. The lowest BCUT2D eigenvalue weighted by Gasteiger charge is -2.05. The van der Waals surface area contributed by atoms with E-state index < -0.39 is 4.92 Å². The van der Waals surface area contributed by atoms with Crippen molar-refractivity contribution in [1.82, 2.24) is 0 Å². The van der Waals surface area contributed by atoms with Crippen LogP contribution in [0.3, 0.4) is 0 Å². The molecule has 0 fully saturated rings. The first-order chi connectivity index (χ1) is 9.08. The van der Waals surface area contributed by atoms with Crippen LogP contribution in [0.5, 0.6) is 0 Å². The lowest BCUT2D eigenvalue weighted by Crippen LogP contribution is -1.93. The Morgan fingerprint density at radius 2 is 2.00 bits per heavy atom. The number of rotatable bonds is 4. The number of anilines is 1. The molecule has 0 radical (unpaired) electrons. The fraction of sp³-hybridized carbons (Fsp3) is 0.0769. The highest BCUT2D eigenvalue weighted by Crippen LogP contribution is 2.33. The second-order valence-corrected chi connectivity index (χ2v) is 4.93. The first-order valence-electron chi connectivity index (χ1n) is 5.49. The van der Waals surface area contributed by atoms with E-state index in [1.54, 1.807) is 25.2 Å². The summed E-state index contributed by atoms with van der Waals surface area (Å²) in [7, 11) is 1.69. The average Bonchev–Trinajstić information content (AvgIpc) is 2.38. The molecule has 0 saturated carbocycles. The molecule has 0 saturated heterocycles. The highest BCUT2D eigenvalue weighted by molar-refractivity contribution is 7.99. The minimum atomic E-state index is -0.448. The number of halogens is 1. The SMILES string of the molecule is CNc1cc(Sc2cccc(F)c2)cc([N+](=O)[O-])c1. The molecule has 0 aliphatic rings. The van der Waals surface area contributed by atoms with Crippen molar-refractivity contribution >= 4 is 23.1 Å². The zero-order valence-electron chi connectivity index (χ0n) is 10.1. The van der Waals surface area contributed by atoms with Gasteiger partial charge in [0.2, 0.25) is 0 Å². The van der Waals surface area contributed by atoms with Crippen LogP contribution in [0.25, 0.3) is 0 Å². The molecule has 0 spiro atoms. The molecule has 2 aromatic rings. The molecule has 0 heterocycles. The van der Waals surface area contributed by atoms with Gasteiger partial charge in [-0.1, -0.05) is 17.8 Å². The lowest BCUT2D eigenvalue weighted by molar-refractivity contribution is -0.385. The molecule has 2 rings (SSSR count). The van der Waals surface area contributed by atoms with Gasteiger partial charge in [-0.05, 0) is 24.3 Å². The lowest BCUT2D eigenvalue weighted by atomic mass is 10.3. The quantitative estimate of drug-likeness (QED) is 0.680. The predicted octanol–water partition coefficient (Wildman–Crippen LogP) is 3.93. The van der Waals surface area contributed by atoms with Gasteiger partial charge in [0, 0.05) is 34.7 Å². The molecule has 2 aromatic carbocycles. The predicted molar refractivity (Wildman–Crippen MR) is 73.2 cm³/mol. The first kappa shape index (κ1) is 13.4. The molecular formula is C13H11FN2O2S. The van der Waals surface area contributed by atoms with Crippen LogP contribution in [0.1, 0.15) is 0 Å². The molecule has 0 unspecified atom stereocenters. The highest BCUT2D eigenvalue weighted by atomic mass is 32.2. The standard InChI is InChI=1S/C13H11FN2O2S/c1-15-10-6-11(16(17)18)8-13(7-10)19-12-4-2-3-9(14)5-12/h2-8,15H,1H3. The first-order valence-corrected chi connectivity index (χ1v) is 6.31. The van der Waals surface area contributed by atoms with Crippen LogP contribution >= 0.6 is 11.8 Å². The summed E-state index contributed by atoms with van der Waals surface area (Å²) in [6.45, 7) is 0. The molecule has 98 valence electrons. The molecule has 0 aliphatic heterocycles. The summed E-state index contributed by atoms with van der Waals surface area (Å²) in [4.78, 5) is 11.8. The third-order valence-corrected chi connectivity index (χ3v) is 3.38. The summed E-state index contributed by atoms with van der Waals surface area (Å²) >= 11 is 1.28. The normalized spacial score (nSPS) is 10.2. The molecule has 0 aliphatic carbocycles. The maximum atomic E-state index is 13.1. The summed E-state index contributed by atoms with van der Waals surface area (Å²) in [5, 5.41) is 13.7. The Morgan fingerprint density at radius 1 is 1.21 bits per heavy atom.